The van der Waals surface area contributed by atoms with Crippen molar-refractivity contribution in [2.45, 2.75) is 62.9 Å². The van der Waals surface area contributed by atoms with Crippen molar-refractivity contribution in [2.75, 3.05) is 19.6 Å². The van der Waals surface area contributed by atoms with Gasteiger partial charge in [-0.2, -0.15) is 13.2 Å². The normalized spacial score (nSPS) is 24.9. The standard InChI is InChI=1S/C26H31F3N4O3/c1-16-4-2-7-21(31-16)17-8-10-20(11-9-17)33-14-22(23(34)15-33)32-24(35)13-30-25(36)18-5-3-6-19(12-18)26(27,28)29/h2-7,12,17,20,22-23,34H,8-11,13-15H2,1H3,(H,30,36)(H,32,35)/t17?,20?,22-,23-/m0/s1. The molecule has 36 heavy (non-hydrogen) atoms. The molecule has 1 aliphatic carbocycles. The number of aliphatic hydroxyl groups excluding tert-OH is 1. The molecule has 3 N–H and O–H groups in total. The Labute approximate surface area is 208 Å². The average molecular weight is 505 g/mol. The summed E-state index contributed by atoms with van der Waals surface area (Å²) >= 11 is 0. The zero-order chi connectivity index (χ0) is 25.9. The third-order valence-electron chi connectivity index (χ3n) is 7.07. The van der Waals surface area contributed by atoms with Crippen molar-refractivity contribution in [1.82, 2.24) is 20.5 Å². The van der Waals surface area contributed by atoms with Gasteiger partial charge in [0.15, 0.2) is 0 Å². The highest BCUT2D eigenvalue weighted by molar-refractivity contribution is 5.96. The molecule has 2 fully saturated rings. The molecule has 0 spiro atoms. The van der Waals surface area contributed by atoms with Crippen LogP contribution >= 0.6 is 0 Å². The molecule has 1 aliphatic heterocycles. The third kappa shape index (κ3) is 6.41. The molecule has 2 aromatic rings. The Morgan fingerprint density at radius 3 is 2.50 bits per heavy atom. The van der Waals surface area contributed by atoms with Gasteiger partial charge in [-0.15, -0.1) is 0 Å². The lowest BCUT2D eigenvalue weighted by atomic mass is 9.83. The van der Waals surface area contributed by atoms with Gasteiger partial charge in [-0.05, 0) is 62.9 Å². The van der Waals surface area contributed by atoms with Gasteiger partial charge in [0, 0.05) is 42.0 Å². The van der Waals surface area contributed by atoms with Crippen molar-refractivity contribution >= 4 is 11.8 Å². The highest BCUT2D eigenvalue weighted by Gasteiger charge is 2.37. The second kappa shape index (κ2) is 11.0. The molecular weight excluding hydrogens is 473 g/mol. The summed E-state index contributed by atoms with van der Waals surface area (Å²) < 4.78 is 38.6. The maximum Gasteiger partial charge on any atom is 0.416 e. The molecule has 1 aromatic carbocycles. The zero-order valence-corrected chi connectivity index (χ0v) is 20.1. The van der Waals surface area contributed by atoms with Gasteiger partial charge in [0.1, 0.15) is 0 Å². The number of aryl methyl sites for hydroxylation is 1. The Bertz CT molecular complexity index is 1090. The van der Waals surface area contributed by atoms with Gasteiger partial charge < -0.3 is 15.7 Å². The number of hydrogen-bond donors (Lipinski definition) is 3. The van der Waals surface area contributed by atoms with E-state index in [9.17, 15) is 27.9 Å². The number of nitrogens with zero attached hydrogens (tertiary/aromatic N) is 2. The first kappa shape index (κ1) is 26.1. The Hall–Kier alpha value is -2.98. The van der Waals surface area contributed by atoms with E-state index in [0.29, 0.717) is 25.0 Å². The van der Waals surface area contributed by atoms with Gasteiger partial charge in [-0.1, -0.05) is 12.1 Å². The lowest BCUT2D eigenvalue weighted by Crippen LogP contribution is -2.47. The number of halogens is 3. The Morgan fingerprint density at radius 1 is 1.08 bits per heavy atom. The number of carbonyl (C=O) groups is 2. The van der Waals surface area contributed by atoms with Crippen LogP contribution in [0.1, 0.15) is 58.9 Å². The van der Waals surface area contributed by atoms with E-state index < -0.39 is 42.2 Å². The number of alkyl halides is 3. The minimum absolute atomic E-state index is 0.179. The Balaban J connectivity index is 1.23. The summed E-state index contributed by atoms with van der Waals surface area (Å²) in [6.07, 6.45) is -1.28. The number of β-amino-alcohol motifs (C(OH)–C–C–N with tert-alkyl or cyclic N) is 1. The molecule has 10 heteroatoms. The highest BCUT2D eigenvalue weighted by Crippen LogP contribution is 2.35. The van der Waals surface area contributed by atoms with E-state index in [1.165, 1.54) is 6.07 Å². The van der Waals surface area contributed by atoms with E-state index in [4.69, 9.17) is 0 Å². The predicted octanol–water partition coefficient (Wildman–Crippen LogP) is 3.03. The predicted molar refractivity (Wildman–Crippen MR) is 127 cm³/mol. The second-order valence-electron chi connectivity index (χ2n) is 9.67. The molecule has 194 valence electrons. The highest BCUT2D eigenvalue weighted by atomic mass is 19.4. The van der Waals surface area contributed by atoms with Gasteiger partial charge in [-0.3, -0.25) is 19.5 Å². The quantitative estimate of drug-likeness (QED) is 0.562. The summed E-state index contributed by atoms with van der Waals surface area (Å²) in [5.74, 6) is -0.843. The van der Waals surface area contributed by atoms with Crippen molar-refractivity contribution in [3.8, 4) is 0 Å². The maximum atomic E-state index is 12.9. The first-order valence-electron chi connectivity index (χ1n) is 12.2. The average Bonchev–Trinajstić information content (AvgIpc) is 3.22. The third-order valence-corrected chi connectivity index (χ3v) is 7.07. The van der Waals surface area contributed by atoms with Crippen LogP contribution in [-0.4, -0.2) is 64.6 Å². The summed E-state index contributed by atoms with van der Waals surface area (Å²) in [6.45, 7) is 2.56. The zero-order valence-electron chi connectivity index (χ0n) is 20.1. The van der Waals surface area contributed by atoms with Gasteiger partial charge >= 0.3 is 6.18 Å². The van der Waals surface area contributed by atoms with E-state index in [0.717, 1.165) is 55.3 Å². The molecule has 2 heterocycles. The Kier molecular flexibility index (Phi) is 7.94. The fourth-order valence-corrected chi connectivity index (χ4v) is 5.14. The lowest BCUT2D eigenvalue weighted by Gasteiger charge is -2.34. The van der Waals surface area contributed by atoms with Crippen molar-refractivity contribution in [2.24, 2.45) is 0 Å². The minimum Gasteiger partial charge on any atom is -0.390 e. The van der Waals surface area contributed by atoms with Crippen LogP contribution in [0.2, 0.25) is 0 Å². The molecule has 0 radical (unpaired) electrons. The number of hydrogen-bond acceptors (Lipinski definition) is 5. The van der Waals surface area contributed by atoms with Crippen LogP contribution in [-0.2, 0) is 11.0 Å². The topological polar surface area (TPSA) is 94.6 Å². The van der Waals surface area contributed by atoms with E-state index in [-0.39, 0.29) is 5.56 Å². The fraction of sp³-hybridized carbons (Fsp3) is 0.500. The molecule has 1 saturated carbocycles. The molecule has 2 atom stereocenters. The summed E-state index contributed by atoms with van der Waals surface area (Å²) in [4.78, 5) is 31.5. The van der Waals surface area contributed by atoms with Crippen LogP contribution in [0.25, 0.3) is 0 Å². The van der Waals surface area contributed by atoms with Crippen molar-refractivity contribution < 1.29 is 27.9 Å². The molecule has 4 rings (SSSR count). The number of benzene rings is 1. The molecule has 1 saturated heterocycles. The van der Waals surface area contributed by atoms with Crippen LogP contribution < -0.4 is 10.6 Å². The first-order valence-corrected chi connectivity index (χ1v) is 12.2. The van der Waals surface area contributed by atoms with E-state index in [2.05, 4.69) is 26.6 Å². The summed E-state index contributed by atoms with van der Waals surface area (Å²) in [6, 6.07) is 9.98. The van der Waals surface area contributed by atoms with E-state index in [1.54, 1.807) is 0 Å². The first-order chi connectivity index (χ1) is 17.1. The molecule has 1 aromatic heterocycles. The van der Waals surface area contributed by atoms with Gasteiger partial charge in [0.25, 0.3) is 5.91 Å². The molecule has 7 nitrogen and oxygen atoms in total. The molecular formula is C26H31F3N4O3. The van der Waals surface area contributed by atoms with Crippen LogP contribution in [0.15, 0.2) is 42.5 Å². The van der Waals surface area contributed by atoms with Crippen LogP contribution in [0.3, 0.4) is 0 Å². The van der Waals surface area contributed by atoms with E-state index in [1.807, 2.05) is 19.1 Å². The fourth-order valence-electron chi connectivity index (χ4n) is 5.14. The van der Waals surface area contributed by atoms with E-state index >= 15 is 0 Å². The van der Waals surface area contributed by atoms with Crippen LogP contribution in [0.4, 0.5) is 13.2 Å². The lowest BCUT2D eigenvalue weighted by molar-refractivity contribution is -0.137. The van der Waals surface area contributed by atoms with Crippen LogP contribution in [0.5, 0.6) is 0 Å². The number of amides is 2. The number of pyridine rings is 1. The molecule has 0 unspecified atom stereocenters. The summed E-state index contributed by atoms with van der Waals surface area (Å²) in [5, 5.41) is 15.6. The second-order valence-corrected chi connectivity index (χ2v) is 9.67. The number of nitrogens with one attached hydrogen (secondary N) is 2. The maximum absolute atomic E-state index is 12.9. The summed E-state index contributed by atoms with van der Waals surface area (Å²) in [7, 11) is 0. The van der Waals surface area contributed by atoms with Gasteiger partial charge in [0.05, 0.1) is 24.3 Å². The Morgan fingerprint density at radius 2 is 1.81 bits per heavy atom. The molecule has 2 amide bonds. The molecule has 0 bridgehead atoms. The van der Waals surface area contributed by atoms with Crippen molar-refractivity contribution in [3.63, 3.8) is 0 Å². The monoisotopic (exact) mass is 504 g/mol. The summed E-state index contributed by atoms with van der Waals surface area (Å²) in [5.41, 5.74) is 1.04. The number of aromatic nitrogens is 1. The van der Waals surface area contributed by atoms with Gasteiger partial charge in [0.2, 0.25) is 5.91 Å². The SMILES string of the molecule is Cc1cccc(C2CCC(N3C[C@H](NC(=O)CNC(=O)c4cccc(C(F)(F)F)c4)[C@@H](O)C3)CC2)n1. The van der Waals surface area contributed by atoms with Crippen molar-refractivity contribution in [1.29, 1.82) is 0 Å². The minimum atomic E-state index is -4.56. The number of likely N-dealkylation sites (tertiary alicyclic amines) is 1. The molecule has 2 aliphatic rings. The van der Waals surface area contributed by atoms with Gasteiger partial charge in [-0.25, -0.2) is 0 Å². The van der Waals surface area contributed by atoms with Crippen molar-refractivity contribution in [3.05, 3.63) is 65.0 Å². The van der Waals surface area contributed by atoms with Crippen LogP contribution in [0, 0.1) is 6.92 Å². The smallest absolute Gasteiger partial charge is 0.390 e. The number of rotatable bonds is 6. The number of carbonyl (C=O) groups excluding carboxylic acids is 2. The number of aliphatic hydroxyl groups is 1. The largest absolute Gasteiger partial charge is 0.416 e.